The second-order valence-electron chi connectivity index (χ2n) is 5.45. The molecule has 0 unspecified atom stereocenters. The SMILES string of the molecule is O=C(c1cn2cccnc2n1)N1CCSC[C@@H]1c1ccccc1. The van der Waals surface area contributed by atoms with E-state index in [4.69, 9.17) is 0 Å². The molecule has 1 aliphatic rings. The molecule has 1 amide bonds. The van der Waals surface area contributed by atoms with Gasteiger partial charge in [0, 0.05) is 36.6 Å². The van der Waals surface area contributed by atoms with Crippen LogP contribution in [0.4, 0.5) is 0 Å². The maximum absolute atomic E-state index is 13.0. The molecule has 4 rings (SSSR count). The molecule has 23 heavy (non-hydrogen) atoms. The lowest BCUT2D eigenvalue weighted by Crippen LogP contribution is -2.40. The predicted molar refractivity (Wildman–Crippen MR) is 90.5 cm³/mol. The number of imidazole rings is 1. The summed E-state index contributed by atoms with van der Waals surface area (Å²) >= 11 is 1.89. The Morgan fingerprint density at radius 3 is 2.91 bits per heavy atom. The molecule has 116 valence electrons. The van der Waals surface area contributed by atoms with E-state index in [0.29, 0.717) is 11.5 Å². The fourth-order valence-corrected chi connectivity index (χ4v) is 3.97. The van der Waals surface area contributed by atoms with Crippen LogP contribution in [0.1, 0.15) is 22.1 Å². The van der Waals surface area contributed by atoms with Crippen molar-refractivity contribution >= 4 is 23.4 Å². The molecule has 0 aliphatic carbocycles. The van der Waals surface area contributed by atoms with E-state index in [0.717, 1.165) is 18.1 Å². The topological polar surface area (TPSA) is 50.5 Å². The van der Waals surface area contributed by atoms with Gasteiger partial charge in [-0.3, -0.25) is 9.20 Å². The highest BCUT2D eigenvalue weighted by molar-refractivity contribution is 7.99. The number of carbonyl (C=O) groups excluding carboxylic acids is 1. The average molecular weight is 324 g/mol. The van der Waals surface area contributed by atoms with Crippen LogP contribution in [0.15, 0.2) is 55.0 Å². The molecule has 1 atom stereocenters. The monoisotopic (exact) mass is 324 g/mol. The van der Waals surface area contributed by atoms with Gasteiger partial charge in [-0.05, 0) is 11.6 Å². The predicted octanol–water partition coefficient (Wildman–Crippen LogP) is 2.66. The molecule has 2 aromatic heterocycles. The molecule has 3 heterocycles. The van der Waals surface area contributed by atoms with Gasteiger partial charge in [0.25, 0.3) is 5.91 Å². The van der Waals surface area contributed by atoms with Crippen molar-refractivity contribution in [2.45, 2.75) is 6.04 Å². The number of rotatable bonds is 2. The number of benzene rings is 1. The molecule has 1 aliphatic heterocycles. The highest BCUT2D eigenvalue weighted by Gasteiger charge is 2.30. The highest BCUT2D eigenvalue weighted by Crippen LogP contribution is 2.30. The number of nitrogens with zero attached hydrogens (tertiary/aromatic N) is 4. The molecule has 0 radical (unpaired) electrons. The van der Waals surface area contributed by atoms with Gasteiger partial charge in [0.15, 0.2) is 0 Å². The highest BCUT2D eigenvalue weighted by atomic mass is 32.2. The van der Waals surface area contributed by atoms with Crippen molar-refractivity contribution in [3.63, 3.8) is 0 Å². The summed E-state index contributed by atoms with van der Waals surface area (Å²) in [6, 6.07) is 12.1. The van der Waals surface area contributed by atoms with Crippen LogP contribution in [0.25, 0.3) is 5.78 Å². The molecule has 0 spiro atoms. The van der Waals surface area contributed by atoms with E-state index in [1.165, 1.54) is 5.56 Å². The van der Waals surface area contributed by atoms with Crippen molar-refractivity contribution in [2.24, 2.45) is 0 Å². The van der Waals surface area contributed by atoms with Gasteiger partial charge in [-0.15, -0.1) is 0 Å². The molecule has 0 bridgehead atoms. The summed E-state index contributed by atoms with van der Waals surface area (Å²) in [5, 5.41) is 0. The first-order valence-corrected chi connectivity index (χ1v) is 8.72. The summed E-state index contributed by atoms with van der Waals surface area (Å²) in [7, 11) is 0. The first-order chi connectivity index (χ1) is 11.3. The van der Waals surface area contributed by atoms with E-state index in [-0.39, 0.29) is 11.9 Å². The first-order valence-electron chi connectivity index (χ1n) is 7.56. The Labute approximate surface area is 138 Å². The van der Waals surface area contributed by atoms with Gasteiger partial charge < -0.3 is 4.90 Å². The molecule has 5 nitrogen and oxygen atoms in total. The number of hydrogen-bond donors (Lipinski definition) is 0. The Morgan fingerprint density at radius 2 is 2.09 bits per heavy atom. The third kappa shape index (κ3) is 2.70. The number of carbonyl (C=O) groups is 1. The van der Waals surface area contributed by atoms with Gasteiger partial charge in [-0.2, -0.15) is 11.8 Å². The molecule has 6 heteroatoms. The lowest BCUT2D eigenvalue weighted by atomic mass is 10.1. The van der Waals surface area contributed by atoms with Crippen LogP contribution in [-0.2, 0) is 0 Å². The second kappa shape index (κ2) is 6.04. The van der Waals surface area contributed by atoms with Crippen LogP contribution in [0.3, 0.4) is 0 Å². The van der Waals surface area contributed by atoms with Gasteiger partial charge in [0.1, 0.15) is 5.69 Å². The van der Waals surface area contributed by atoms with E-state index in [2.05, 4.69) is 22.1 Å². The van der Waals surface area contributed by atoms with Crippen molar-refractivity contribution < 1.29 is 4.79 Å². The zero-order valence-corrected chi connectivity index (χ0v) is 13.3. The van der Waals surface area contributed by atoms with Gasteiger partial charge in [-0.1, -0.05) is 30.3 Å². The van der Waals surface area contributed by atoms with E-state index in [9.17, 15) is 4.79 Å². The normalized spacial score (nSPS) is 18.3. The van der Waals surface area contributed by atoms with Gasteiger partial charge in [-0.25, -0.2) is 9.97 Å². The second-order valence-corrected chi connectivity index (χ2v) is 6.60. The Balaban J connectivity index is 1.67. The van der Waals surface area contributed by atoms with Crippen LogP contribution in [0, 0.1) is 0 Å². The first kappa shape index (κ1) is 14.3. The molecule has 1 fully saturated rings. The van der Waals surface area contributed by atoms with Gasteiger partial charge in [0.2, 0.25) is 5.78 Å². The summed E-state index contributed by atoms with van der Waals surface area (Å²) in [6.07, 6.45) is 5.29. The lowest BCUT2D eigenvalue weighted by Gasteiger charge is -2.35. The summed E-state index contributed by atoms with van der Waals surface area (Å²) in [6.45, 7) is 0.740. The fraction of sp³-hybridized carbons (Fsp3) is 0.235. The van der Waals surface area contributed by atoms with Crippen LogP contribution in [-0.4, -0.2) is 43.2 Å². The Hall–Kier alpha value is -2.34. The van der Waals surface area contributed by atoms with E-state index in [1.54, 1.807) is 16.8 Å². The standard InChI is InChI=1S/C17H16N4OS/c22-16(14-11-20-8-4-7-18-17(20)19-14)21-9-10-23-12-15(21)13-5-2-1-3-6-13/h1-8,11,15H,9-10,12H2/t15-/m1/s1. The maximum Gasteiger partial charge on any atom is 0.274 e. The number of hydrogen-bond acceptors (Lipinski definition) is 4. The smallest absolute Gasteiger partial charge is 0.274 e. The van der Waals surface area contributed by atoms with E-state index in [1.807, 2.05) is 47.1 Å². The van der Waals surface area contributed by atoms with Gasteiger partial charge in [0.05, 0.1) is 6.04 Å². The van der Waals surface area contributed by atoms with Crippen LogP contribution < -0.4 is 0 Å². The average Bonchev–Trinajstić information content (AvgIpc) is 3.06. The van der Waals surface area contributed by atoms with Crippen LogP contribution >= 0.6 is 11.8 Å². The van der Waals surface area contributed by atoms with Crippen molar-refractivity contribution in [3.8, 4) is 0 Å². The molecule has 0 saturated carbocycles. The Morgan fingerprint density at radius 1 is 1.22 bits per heavy atom. The number of thioether (sulfide) groups is 1. The van der Waals surface area contributed by atoms with Gasteiger partial charge >= 0.3 is 0 Å². The van der Waals surface area contributed by atoms with Crippen LogP contribution in [0.5, 0.6) is 0 Å². The molecule has 1 aromatic carbocycles. The van der Waals surface area contributed by atoms with E-state index >= 15 is 0 Å². The minimum Gasteiger partial charge on any atom is -0.329 e. The van der Waals surface area contributed by atoms with Crippen molar-refractivity contribution in [1.29, 1.82) is 0 Å². The maximum atomic E-state index is 13.0. The number of aromatic nitrogens is 3. The minimum atomic E-state index is -0.0235. The zero-order valence-electron chi connectivity index (χ0n) is 12.5. The zero-order chi connectivity index (χ0) is 15.6. The molecule has 3 aromatic rings. The quantitative estimate of drug-likeness (QED) is 0.727. The van der Waals surface area contributed by atoms with E-state index < -0.39 is 0 Å². The van der Waals surface area contributed by atoms with Crippen LogP contribution in [0.2, 0.25) is 0 Å². The molecular weight excluding hydrogens is 308 g/mol. The Kier molecular flexibility index (Phi) is 3.75. The molecule has 0 N–H and O–H groups in total. The Bertz CT molecular complexity index is 800. The van der Waals surface area contributed by atoms with Crippen molar-refractivity contribution in [3.05, 3.63) is 66.2 Å². The lowest BCUT2D eigenvalue weighted by molar-refractivity contribution is 0.0696. The number of amides is 1. The minimum absolute atomic E-state index is 0.0235. The largest absolute Gasteiger partial charge is 0.329 e. The summed E-state index contributed by atoms with van der Waals surface area (Å²) in [5.74, 6) is 2.41. The number of fused-ring (bicyclic) bond motifs is 1. The van der Waals surface area contributed by atoms with Crippen molar-refractivity contribution in [2.75, 3.05) is 18.1 Å². The molecule has 1 saturated heterocycles. The third-order valence-corrected chi connectivity index (χ3v) is 5.05. The third-order valence-electron chi connectivity index (χ3n) is 4.03. The molecular formula is C17H16N4OS. The summed E-state index contributed by atoms with van der Waals surface area (Å²) in [4.78, 5) is 23.5. The summed E-state index contributed by atoms with van der Waals surface area (Å²) < 4.78 is 1.78. The van der Waals surface area contributed by atoms with Crippen molar-refractivity contribution in [1.82, 2.24) is 19.3 Å². The fourth-order valence-electron chi connectivity index (χ4n) is 2.88. The summed E-state index contributed by atoms with van der Waals surface area (Å²) in [5.41, 5.74) is 1.63.